The van der Waals surface area contributed by atoms with Crippen molar-refractivity contribution in [1.29, 1.82) is 0 Å². The van der Waals surface area contributed by atoms with Gasteiger partial charge in [0, 0.05) is 22.0 Å². The number of carbonyl (C=O) groups is 1. The number of rotatable bonds is 4. The Hall–Kier alpha value is -3.12. The van der Waals surface area contributed by atoms with Crippen molar-refractivity contribution in [2.75, 3.05) is 7.11 Å². The van der Waals surface area contributed by atoms with Gasteiger partial charge in [-0.3, -0.25) is 4.79 Å². The number of Topliss-reactive ketones (excluding diaryl/α,β-unsaturated/α-hetero) is 1. The lowest BCUT2D eigenvalue weighted by molar-refractivity contribution is -0.00455. The van der Waals surface area contributed by atoms with Gasteiger partial charge < -0.3 is 9.47 Å². The molecule has 2 atom stereocenters. The average molecular weight is 463 g/mol. The molecule has 0 aromatic heterocycles. The molecule has 0 N–H and O–H groups in total. The van der Waals surface area contributed by atoms with Crippen LogP contribution in [0.3, 0.4) is 0 Å². The van der Waals surface area contributed by atoms with Crippen LogP contribution in [0, 0.1) is 0 Å². The fourth-order valence-electron chi connectivity index (χ4n) is 3.92. The van der Waals surface area contributed by atoms with E-state index < -0.39 is 6.23 Å². The van der Waals surface area contributed by atoms with E-state index in [0.29, 0.717) is 12.0 Å². The summed E-state index contributed by atoms with van der Waals surface area (Å²) in [7, 11) is 1.65. The van der Waals surface area contributed by atoms with Gasteiger partial charge in [0.05, 0.1) is 18.9 Å². The second-order valence-electron chi connectivity index (χ2n) is 7.25. The third kappa shape index (κ3) is 3.27. The highest BCUT2D eigenvalue weighted by Gasteiger charge is 2.43. The minimum atomic E-state index is -0.804. The fourth-order valence-corrected chi connectivity index (χ4v) is 4.19. The number of fused-ring (bicyclic) bond motifs is 3. The molecule has 0 radical (unpaired) electrons. The van der Waals surface area contributed by atoms with Gasteiger partial charge in [-0.2, -0.15) is 5.10 Å². The lowest BCUT2D eigenvalue weighted by atomic mass is 9.96. The summed E-state index contributed by atoms with van der Waals surface area (Å²) in [5, 5.41) is 6.65. The molecule has 5 nitrogen and oxygen atoms in total. The Balaban J connectivity index is 1.53. The summed E-state index contributed by atoms with van der Waals surface area (Å²) < 4.78 is 12.3. The highest BCUT2D eigenvalue weighted by molar-refractivity contribution is 9.10. The summed E-state index contributed by atoms with van der Waals surface area (Å²) in [6.07, 6.45) is -0.0987. The van der Waals surface area contributed by atoms with Crippen LogP contribution in [0.4, 0.5) is 0 Å². The number of ketones is 1. The third-order valence-corrected chi connectivity index (χ3v) is 6.00. The van der Waals surface area contributed by atoms with Crippen LogP contribution in [0.15, 0.2) is 82.4 Å². The number of para-hydroxylation sites is 1. The number of nitrogens with zero attached hydrogens (tertiary/aromatic N) is 2. The van der Waals surface area contributed by atoms with Gasteiger partial charge in [-0.15, -0.1) is 0 Å². The van der Waals surface area contributed by atoms with Crippen LogP contribution in [0.25, 0.3) is 0 Å². The Kier molecular flexibility index (Phi) is 4.79. The molecule has 2 aliphatic rings. The quantitative estimate of drug-likeness (QED) is 0.499. The monoisotopic (exact) mass is 462 g/mol. The van der Waals surface area contributed by atoms with Gasteiger partial charge in [-0.25, -0.2) is 5.01 Å². The predicted octanol–water partition coefficient (Wildman–Crippen LogP) is 5.21. The standard InChI is InChI=1S/C24H19BrN2O3/c1-29-18-12-8-15(9-13-18)20-14-21-19-4-2-3-5-22(19)30-24(27(21)26-20)23(28)16-6-10-17(25)11-7-16/h2-13,21,24H,14H2,1H3/t21-,24-/m1/s1. The van der Waals surface area contributed by atoms with Crippen molar-refractivity contribution in [2.24, 2.45) is 5.10 Å². The van der Waals surface area contributed by atoms with Gasteiger partial charge in [-0.05, 0) is 48.0 Å². The van der Waals surface area contributed by atoms with Gasteiger partial charge in [0.15, 0.2) is 0 Å². The molecule has 0 spiro atoms. The average Bonchev–Trinajstić information content (AvgIpc) is 3.24. The molecule has 3 aromatic carbocycles. The predicted molar refractivity (Wildman–Crippen MR) is 118 cm³/mol. The summed E-state index contributed by atoms with van der Waals surface area (Å²) in [4.78, 5) is 13.3. The van der Waals surface area contributed by atoms with Gasteiger partial charge in [0.2, 0.25) is 5.78 Å². The highest BCUT2D eigenvalue weighted by atomic mass is 79.9. The van der Waals surface area contributed by atoms with E-state index in [4.69, 9.17) is 14.6 Å². The Bertz CT molecular complexity index is 1130. The van der Waals surface area contributed by atoms with E-state index in [-0.39, 0.29) is 11.8 Å². The molecule has 6 heteroatoms. The molecule has 30 heavy (non-hydrogen) atoms. The molecule has 0 unspecified atom stereocenters. The minimum Gasteiger partial charge on any atom is -0.497 e. The molecule has 0 fully saturated rings. The molecular weight excluding hydrogens is 444 g/mol. The Labute approximate surface area is 183 Å². The molecule has 5 rings (SSSR count). The zero-order chi connectivity index (χ0) is 20.7. The largest absolute Gasteiger partial charge is 0.497 e. The van der Waals surface area contributed by atoms with Crippen molar-refractivity contribution in [3.8, 4) is 11.5 Å². The zero-order valence-corrected chi connectivity index (χ0v) is 17.9. The summed E-state index contributed by atoms with van der Waals surface area (Å²) in [6, 6.07) is 23.0. The zero-order valence-electron chi connectivity index (χ0n) is 16.3. The van der Waals surface area contributed by atoms with Crippen LogP contribution in [0.2, 0.25) is 0 Å². The Morgan fingerprint density at radius 3 is 2.53 bits per heavy atom. The summed E-state index contributed by atoms with van der Waals surface area (Å²) in [6.45, 7) is 0. The van der Waals surface area contributed by atoms with Crippen LogP contribution >= 0.6 is 15.9 Å². The van der Waals surface area contributed by atoms with E-state index in [9.17, 15) is 4.79 Å². The molecule has 0 bridgehead atoms. The number of benzene rings is 3. The summed E-state index contributed by atoms with van der Waals surface area (Å²) in [5.41, 5.74) is 3.58. The van der Waals surface area contributed by atoms with Crippen LogP contribution in [-0.2, 0) is 0 Å². The first-order valence-corrected chi connectivity index (χ1v) is 10.5. The Morgan fingerprint density at radius 1 is 1.07 bits per heavy atom. The lowest BCUT2D eigenvalue weighted by Gasteiger charge is -2.37. The maximum absolute atomic E-state index is 13.3. The van der Waals surface area contributed by atoms with Crippen LogP contribution in [-0.4, -0.2) is 29.8 Å². The molecule has 150 valence electrons. The minimum absolute atomic E-state index is 0.0450. The fraction of sp³-hybridized carbons (Fsp3) is 0.167. The second kappa shape index (κ2) is 7.61. The first-order valence-electron chi connectivity index (χ1n) is 9.69. The lowest BCUT2D eigenvalue weighted by Crippen LogP contribution is -2.45. The normalized spacial score (nSPS) is 19.4. The SMILES string of the molecule is COc1ccc(C2=NN3[C@@H](C(=O)c4ccc(Br)cc4)Oc4ccccc4[C@H]3C2)cc1. The molecule has 0 saturated heterocycles. The van der Waals surface area contributed by atoms with Gasteiger partial charge >= 0.3 is 0 Å². The molecule has 0 aliphatic carbocycles. The molecule has 0 saturated carbocycles. The smallest absolute Gasteiger partial charge is 0.251 e. The number of carbonyl (C=O) groups excluding carboxylic acids is 1. The number of methoxy groups -OCH3 is 1. The molecule has 2 heterocycles. The van der Waals surface area contributed by atoms with E-state index >= 15 is 0 Å². The van der Waals surface area contributed by atoms with Gasteiger partial charge in [0.1, 0.15) is 11.5 Å². The second-order valence-corrected chi connectivity index (χ2v) is 8.17. The van der Waals surface area contributed by atoms with E-state index in [1.807, 2.05) is 65.7 Å². The highest BCUT2D eigenvalue weighted by Crippen LogP contribution is 2.43. The maximum atomic E-state index is 13.3. The number of halogens is 1. The molecule has 2 aliphatic heterocycles. The first-order chi connectivity index (χ1) is 14.6. The van der Waals surface area contributed by atoms with Crippen LogP contribution < -0.4 is 9.47 Å². The Morgan fingerprint density at radius 2 is 1.80 bits per heavy atom. The summed E-state index contributed by atoms with van der Waals surface area (Å²) in [5.74, 6) is 1.43. The van der Waals surface area contributed by atoms with Crippen molar-refractivity contribution in [3.05, 3.63) is 94.0 Å². The number of ether oxygens (including phenoxy) is 2. The molecular formula is C24H19BrN2O3. The number of hydrogen-bond donors (Lipinski definition) is 0. The number of hydrogen-bond acceptors (Lipinski definition) is 5. The van der Waals surface area contributed by atoms with Gasteiger partial charge in [0.25, 0.3) is 6.23 Å². The van der Waals surface area contributed by atoms with E-state index in [1.54, 1.807) is 19.2 Å². The van der Waals surface area contributed by atoms with Crippen molar-refractivity contribution in [1.82, 2.24) is 5.01 Å². The molecule has 0 amide bonds. The van der Waals surface area contributed by atoms with Gasteiger partial charge in [-0.1, -0.05) is 46.3 Å². The summed E-state index contributed by atoms with van der Waals surface area (Å²) >= 11 is 3.42. The van der Waals surface area contributed by atoms with Crippen LogP contribution in [0.5, 0.6) is 11.5 Å². The topological polar surface area (TPSA) is 51.1 Å². The van der Waals surface area contributed by atoms with Crippen molar-refractivity contribution < 1.29 is 14.3 Å². The van der Waals surface area contributed by atoms with E-state index in [2.05, 4.69) is 15.9 Å². The maximum Gasteiger partial charge on any atom is 0.251 e. The van der Waals surface area contributed by atoms with Crippen molar-refractivity contribution in [2.45, 2.75) is 18.7 Å². The van der Waals surface area contributed by atoms with E-state index in [0.717, 1.165) is 32.8 Å². The third-order valence-electron chi connectivity index (χ3n) is 5.48. The first kappa shape index (κ1) is 18.9. The van der Waals surface area contributed by atoms with E-state index in [1.165, 1.54) is 0 Å². The van der Waals surface area contributed by atoms with Crippen molar-refractivity contribution >= 4 is 27.4 Å². The number of hydrazone groups is 1. The van der Waals surface area contributed by atoms with Crippen LogP contribution in [0.1, 0.15) is 33.9 Å². The molecule has 3 aromatic rings. The van der Waals surface area contributed by atoms with Crippen molar-refractivity contribution in [3.63, 3.8) is 0 Å².